The number of ether oxygens (including phenoxy) is 2. The van der Waals surface area contributed by atoms with Crippen LogP contribution in [0.4, 0.5) is 4.39 Å². The quantitative estimate of drug-likeness (QED) is 0.630. The third kappa shape index (κ3) is 3.33. The van der Waals surface area contributed by atoms with Crippen LogP contribution in [0.25, 0.3) is 0 Å². The molecule has 1 aromatic rings. The number of rotatable bonds is 4. The lowest BCUT2D eigenvalue weighted by atomic mass is 10.2. The Kier molecular flexibility index (Phi) is 4.80. The van der Waals surface area contributed by atoms with Gasteiger partial charge in [0.15, 0.2) is 0 Å². The summed E-state index contributed by atoms with van der Waals surface area (Å²) >= 11 is 2.07. The molecular formula is C10H10FIO3. The van der Waals surface area contributed by atoms with E-state index in [9.17, 15) is 9.18 Å². The van der Waals surface area contributed by atoms with E-state index >= 15 is 0 Å². The SMILES string of the molecule is COC(=O)c1cc(I)ccc1OCCF. The number of esters is 1. The molecule has 0 aromatic heterocycles. The molecule has 0 radical (unpaired) electrons. The largest absolute Gasteiger partial charge is 0.490 e. The Morgan fingerprint density at radius 2 is 2.27 bits per heavy atom. The lowest BCUT2D eigenvalue weighted by Gasteiger charge is -2.08. The molecule has 0 aliphatic rings. The number of hydrogen-bond donors (Lipinski definition) is 0. The highest BCUT2D eigenvalue weighted by molar-refractivity contribution is 14.1. The number of hydrogen-bond acceptors (Lipinski definition) is 3. The average molecular weight is 324 g/mol. The normalized spacial score (nSPS) is 9.80. The van der Waals surface area contributed by atoms with E-state index in [1.54, 1.807) is 18.2 Å². The van der Waals surface area contributed by atoms with Crippen LogP contribution in [0.2, 0.25) is 0 Å². The number of carbonyl (C=O) groups is 1. The molecule has 15 heavy (non-hydrogen) atoms. The van der Waals surface area contributed by atoms with Gasteiger partial charge in [-0.3, -0.25) is 0 Å². The van der Waals surface area contributed by atoms with Crippen molar-refractivity contribution in [2.24, 2.45) is 0 Å². The summed E-state index contributed by atoms with van der Waals surface area (Å²) in [5.41, 5.74) is 0.317. The molecular weight excluding hydrogens is 314 g/mol. The molecule has 1 rings (SSSR count). The zero-order chi connectivity index (χ0) is 11.3. The van der Waals surface area contributed by atoms with E-state index in [1.807, 2.05) is 0 Å². The monoisotopic (exact) mass is 324 g/mol. The number of benzene rings is 1. The summed E-state index contributed by atoms with van der Waals surface area (Å²) in [6.45, 7) is -0.656. The molecule has 0 heterocycles. The second-order valence-electron chi connectivity index (χ2n) is 2.67. The maximum atomic E-state index is 11.9. The summed E-state index contributed by atoms with van der Waals surface area (Å²) < 4.78 is 22.5. The Morgan fingerprint density at radius 3 is 2.87 bits per heavy atom. The van der Waals surface area contributed by atoms with Crippen molar-refractivity contribution in [3.05, 3.63) is 27.3 Å². The minimum absolute atomic E-state index is 0.0649. The summed E-state index contributed by atoms with van der Waals surface area (Å²) in [5.74, 6) is -0.137. The van der Waals surface area contributed by atoms with Gasteiger partial charge < -0.3 is 9.47 Å². The van der Waals surface area contributed by atoms with Crippen molar-refractivity contribution in [2.75, 3.05) is 20.4 Å². The minimum atomic E-state index is -0.591. The Morgan fingerprint density at radius 1 is 1.53 bits per heavy atom. The molecule has 82 valence electrons. The third-order valence-corrected chi connectivity index (χ3v) is 2.35. The van der Waals surface area contributed by atoms with Gasteiger partial charge in [-0.2, -0.15) is 0 Å². The van der Waals surface area contributed by atoms with Crippen LogP contribution in [0, 0.1) is 3.57 Å². The molecule has 0 saturated carbocycles. The van der Waals surface area contributed by atoms with Crippen molar-refractivity contribution in [3.63, 3.8) is 0 Å². The fourth-order valence-corrected chi connectivity index (χ4v) is 1.54. The van der Waals surface area contributed by atoms with E-state index in [2.05, 4.69) is 27.3 Å². The Balaban J connectivity index is 2.97. The summed E-state index contributed by atoms with van der Waals surface area (Å²) in [5, 5.41) is 0. The fraction of sp³-hybridized carbons (Fsp3) is 0.300. The third-order valence-electron chi connectivity index (χ3n) is 1.68. The molecule has 0 unspecified atom stereocenters. The average Bonchev–Trinajstić information content (AvgIpc) is 2.26. The van der Waals surface area contributed by atoms with Crippen LogP contribution in [0.5, 0.6) is 5.75 Å². The molecule has 0 aliphatic carbocycles. The van der Waals surface area contributed by atoms with Crippen molar-refractivity contribution in [1.82, 2.24) is 0 Å². The van der Waals surface area contributed by atoms with Crippen molar-refractivity contribution < 1.29 is 18.7 Å². The molecule has 0 bridgehead atoms. The number of halogens is 2. The molecule has 0 N–H and O–H groups in total. The van der Waals surface area contributed by atoms with Crippen molar-refractivity contribution in [1.29, 1.82) is 0 Å². The minimum Gasteiger partial charge on any atom is -0.490 e. The lowest BCUT2D eigenvalue weighted by Crippen LogP contribution is -2.07. The molecule has 0 atom stereocenters. The standard InChI is InChI=1S/C10H10FIO3/c1-14-10(13)8-6-7(12)2-3-9(8)15-5-4-11/h2-3,6H,4-5H2,1H3. The van der Waals surface area contributed by atoms with Gasteiger partial charge in [-0.05, 0) is 40.8 Å². The van der Waals surface area contributed by atoms with Crippen LogP contribution in [0.15, 0.2) is 18.2 Å². The zero-order valence-electron chi connectivity index (χ0n) is 8.13. The maximum Gasteiger partial charge on any atom is 0.341 e. The summed E-state index contributed by atoms with van der Waals surface area (Å²) in [6.07, 6.45) is 0. The van der Waals surface area contributed by atoms with Gasteiger partial charge in [0.2, 0.25) is 0 Å². The zero-order valence-corrected chi connectivity index (χ0v) is 10.3. The molecule has 5 heteroatoms. The first-order chi connectivity index (χ1) is 7.19. The van der Waals surface area contributed by atoms with Crippen LogP contribution >= 0.6 is 22.6 Å². The summed E-state index contributed by atoms with van der Waals surface area (Å²) in [6, 6.07) is 5.05. The Labute approximate surface area is 101 Å². The van der Waals surface area contributed by atoms with E-state index in [-0.39, 0.29) is 6.61 Å². The van der Waals surface area contributed by atoms with E-state index in [4.69, 9.17) is 4.74 Å². The molecule has 0 fully saturated rings. The van der Waals surface area contributed by atoms with Gasteiger partial charge in [-0.25, -0.2) is 9.18 Å². The number of carbonyl (C=O) groups excluding carboxylic acids is 1. The van der Waals surface area contributed by atoms with Crippen LogP contribution < -0.4 is 4.74 Å². The van der Waals surface area contributed by atoms with E-state index < -0.39 is 12.6 Å². The predicted octanol–water partition coefficient (Wildman–Crippen LogP) is 2.43. The molecule has 0 saturated heterocycles. The van der Waals surface area contributed by atoms with Crippen molar-refractivity contribution in [2.45, 2.75) is 0 Å². The first kappa shape index (κ1) is 12.2. The van der Waals surface area contributed by atoms with Gasteiger partial charge >= 0.3 is 5.97 Å². The van der Waals surface area contributed by atoms with E-state index in [0.717, 1.165) is 3.57 Å². The fourth-order valence-electron chi connectivity index (χ4n) is 1.05. The van der Waals surface area contributed by atoms with Crippen LogP contribution in [0.3, 0.4) is 0 Å². The Hall–Kier alpha value is -0.850. The highest BCUT2D eigenvalue weighted by Gasteiger charge is 2.13. The molecule has 0 spiro atoms. The molecule has 3 nitrogen and oxygen atoms in total. The van der Waals surface area contributed by atoms with Gasteiger partial charge in [-0.15, -0.1) is 0 Å². The number of methoxy groups -OCH3 is 1. The van der Waals surface area contributed by atoms with E-state index in [0.29, 0.717) is 11.3 Å². The van der Waals surface area contributed by atoms with Crippen LogP contribution in [-0.4, -0.2) is 26.4 Å². The smallest absolute Gasteiger partial charge is 0.341 e. The predicted molar refractivity (Wildman–Crippen MR) is 62.0 cm³/mol. The van der Waals surface area contributed by atoms with Gasteiger partial charge in [0, 0.05) is 3.57 Å². The summed E-state index contributed by atoms with van der Waals surface area (Å²) in [4.78, 5) is 11.4. The highest BCUT2D eigenvalue weighted by Crippen LogP contribution is 2.22. The second kappa shape index (κ2) is 5.89. The highest BCUT2D eigenvalue weighted by atomic mass is 127. The number of alkyl halides is 1. The second-order valence-corrected chi connectivity index (χ2v) is 3.92. The molecule has 1 aromatic carbocycles. The first-order valence-electron chi connectivity index (χ1n) is 4.25. The van der Waals surface area contributed by atoms with Gasteiger partial charge in [0.05, 0.1) is 7.11 Å². The van der Waals surface area contributed by atoms with Crippen LogP contribution in [0.1, 0.15) is 10.4 Å². The lowest BCUT2D eigenvalue weighted by molar-refractivity contribution is 0.0595. The van der Waals surface area contributed by atoms with Gasteiger partial charge in [-0.1, -0.05) is 0 Å². The molecule has 0 amide bonds. The topological polar surface area (TPSA) is 35.5 Å². The summed E-state index contributed by atoms with van der Waals surface area (Å²) in [7, 11) is 1.29. The molecule has 0 aliphatic heterocycles. The van der Waals surface area contributed by atoms with Crippen molar-refractivity contribution in [3.8, 4) is 5.75 Å². The first-order valence-corrected chi connectivity index (χ1v) is 5.33. The van der Waals surface area contributed by atoms with Crippen LogP contribution in [-0.2, 0) is 4.74 Å². The van der Waals surface area contributed by atoms with E-state index in [1.165, 1.54) is 7.11 Å². The van der Waals surface area contributed by atoms with Gasteiger partial charge in [0.1, 0.15) is 24.6 Å². The maximum absolute atomic E-state index is 11.9. The van der Waals surface area contributed by atoms with Crippen molar-refractivity contribution >= 4 is 28.6 Å². The Bertz CT molecular complexity index is 355. The van der Waals surface area contributed by atoms with Gasteiger partial charge in [0.25, 0.3) is 0 Å².